The van der Waals surface area contributed by atoms with E-state index in [4.69, 9.17) is 33.9 Å². The van der Waals surface area contributed by atoms with E-state index < -0.39 is 0 Å². The third-order valence-corrected chi connectivity index (χ3v) is 4.53. The van der Waals surface area contributed by atoms with Crippen molar-refractivity contribution in [1.29, 1.82) is 0 Å². The van der Waals surface area contributed by atoms with Crippen molar-refractivity contribution in [3.63, 3.8) is 0 Å². The van der Waals surface area contributed by atoms with E-state index in [2.05, 4.69) is 17.6 Å². The maximum atomic E-state index is 5.56. The van der Waals surface area contributed by atoms with Crippen molar-refractivity contribution in [3.8, 4) is 11.5 Å². The van der Waals surface area contributed by atoms with Crippen LogP contribution in [0.5, 0.6) is 11.5 Å². The van der Waals surface area contributed by atoms with Crippen molar-refractivity contribution in [2.75, 3.05) is 24.9 Å². The molecule has 4 nitrogen and oxygen atoms in total. The second-order valence-electron chi connectivity index (χ2n) is 5.40. The molecule has 0 spiro atoms. The number of hydrogen-bond donors (Lipinski definition) is 2. The van der Waals surface area contributed by atoms with Gasteiger partial charge in [-0.25, -0.2) is 0 Å². The summed E-state index contributed by atoms with van der Waals surface area (Å²) in [6.45, 7) is 2.06. The Hall–Kier alpha value is -2.18. The number of methoxy groups -OCH3 is 2. The predicted octanol–water partition coefficient (Wildman–Crippen LogP) is 4.91. The zero-order chi connectivity index (χ0) is 18.2. The average Bonchev–Trinajstić information content (AvgIpc) is 2.63. The first-order valence-corrected chi connectivity index (χ1v) is 8.78. The topological polar surface area (TPSA) is 42.5 Å². The van der Waals surface area contributed by atoms with Crippen LogP contribution in [0.25, 0.3) is 0 Å². The summed E-state index contributed by atoms with van der Waals surface area (Å²) in [5.41, 5.74) is 1.83. The minimum absolute atomic E-state index is 0.0470. The van der Waals surface area contributed by atoms with Crippen LogP contribution < -0.4 is 20.1 Å². The summed E-state index contributed by atoms with van der Waals surface area (Å²) < 4.78 is 10.3. The first-order chi connectivity index (χ1) is 12.1. The van der Waals surface area contributed by atoms with Crippen molar-refractivity contribution >= 4 is 45.8 Å². The molecule has 0 aromatic heterocycles. The summed E-state index contributed by atoms with van der Waals surface area (Å²) >= 11 is 11.1. The van der Waals surface area contributed by atoms with E-state index in [1.54, 1.807) is 14.2 Å². The lowest BCUT2D eigenvalue weighted by atomic mass is 10.1. The van der Waals surface area contributed by atoms with Crippen LogP contribution in [0.3, 0.4) is 0 Å². The van der Waals surface area contributed by atoms with Crippen LogP contribution in [0.15, 0.2) is 48.5 Å². The molecule has 25 heavy (non-hydrogen) atoms. The molecule has 0 aliphatic rings. The van der Waals surface area contributed by atoms with Crippen LogP contribution in [0, 0.1) is 5.92 Å². The maximum absolute atomic E-state index is 5.56. The number of thiocarbonyl (C=S) groups is 2. The van der Waals surface area contributed by atoms with Crippen LogP contribution in [-0.2, 0) is 0 Å². The van der Waals surface area contributed by atoms with Crippen LogP contribution in [-0.4, -0.2) is 24.2 Å². The van der Waals surface area contributed by atoms with E-state index in [1.165, 1.54) is 0 Å². The molecule has 0 aliphatic heterocycles. The molecule has 2 N–H and O–H groups in total. The maximum Gasteiger partial charge on any atom is 0.119 e. The Balaban J connectivity index is 2.00. The molecule has 6 heteroatoms. The van der Waals surface area contributed by atoms with E-state index in [-0.39, 0.29) is 5.92 Å². The minimum atomic E-state index is -0.0470. The zero-order valence-electron chi connectivity index (χ0n) is 14.5. The number of benzene rings is 2. The van der Waals surface area contributed by atoms with Gasteiger partial charge in [-0.1, -0.05) is 31.4 Å². The molecule has 0 heterocycles. The second kappa shape index (κ2) is 9.34. The first kappa shape index (κ1) is 19.1. The highest BCUT2D eigenvalue weighted by molar-refractivity contribution is 7.82. The van der Waals surface area contributed by atoms with Gasteiger partial charge in [0.15, 0.2) is 0 Å². The lowest BCUT2D eigenvalue weighted by Gasteiger charge is -2.20. The van der Waals surface area contributed by atoms with Crippen molar-refractivity contribution in [1.82, 2.24) is 0 Å². The van der Waals surface area contributed by atoms with Crippen LogP contribution in [0.1, 0.15) is 13.3 Å². The van der Waals surface area contributed by atoms with E-state index in [0.29, 0.717) is 9.98 Å². The summed E-state index contributed by atoms with van der Waals surface area (Å²) in [7, 11) is 3.28. The molecule has 0 aliphatic carbocycles. The first-order valence-electron chi connectivity index (χ1n) is 7.97. The van der Waals surface area contributed by atoms with Crippen molar-refractivity contribution < 1.29 is 9.47 Å². The third kappa shape index (κ3) is 5.41. The number of rotatable bonds is 7. The van der Waals surface area contributed by atoms with Gasteiger partial charge in [-0.15, -0.1) is 0 Å². The van der Waals surface area contributed by atoms with Crippen LogP contribution in [0.2, 0.25) is 0 Å². The summed E-state index contributed by atoms with van der Waals surface area (Å²) in [6, 6.07) is 15.3. The molecular formula is C19H22N2O2S2. The van der Waals surface area contributed by atoms with Crippen molar-refractivity contribution in [2.24, 2.45) is 5.92 Å². The molecule has 2 aromatic carbocycles. The van der Waals surface area contributed by atoms with Gasteiger partial charge in [-0.05, 0) is 55.0 Å². The van der Waals surface area contributed by atoms with Gasteiger partial charge in [-0.3, -0.25) is 0 Å². The number of nitrogens with one attached hydrogen (secondary N) is 2. The highest BCUT2D eigenvalue weighted by atomic mass is 32.1. The predicted molar refractivity (Wildman–Crippen MR) is 112 cm³/mol. The van der Waals surface area contributed by atoms with Gasteiger partial charge in [-0.2, -0.15) is 0 Å². The molecule has 0 atom stereocenters. The van der Waals surface area contributed by atoms with Crippen molar-refractivity contribution in [2.45, 2.75) is 13.3 Å². The Kier molecular flexibility index (Phi) is 7.16. The number of hydrogen-bond acceptors (Lipinski definition) is 4. The summed E-state index contributed by atoms with van der Waals surface area (Å²) in [6.07, 6.45) is 0.810. The molecule has 0 bridgehead atoms. The monoisotopic (exact) mass is 374 g/mol. The van der Waals surface area contributed by atoms with E-state index in [0.717, 1.165) is 29.3 Å². The minimum Gasteiger partial charge on any atom is -0.497 e. The molecule has 0 fully saturated rings. The van der Waals surface area contributed by atoms with E-state index in [9.17, 15) is 0 Å². The molecule has 0 amide bonds. The number of ether oxygens (including phenoxy) is 2. The highest BCUT2D eigenvalue weighted by Gasteiger charge is 2.18. The smallest absolute Gasteiger partial charge is 0.119 e. The fourth-order valence-electron chi connectivity index (χ4n) is 2.30. The van der Waals surface area contributed by atoms with Gasteiger partial charge in [0.1, 0.15) is 11.5 Å². The Bertz CT molecular complexity index is 654. The van der Waals surface area contributed by atoms with Gasteiger partial charge in [0.25, 0.3) is 0 Å². The Labute approximate surface area is 159 Å². The van der Waals surface area contributed by atoms with Crippen LogP contribution >= 0.6 is 24.4 Å². The Morgan fingerprint density at radius 1 is 0.800 bits per heavy atom. The van der Waals surface area contributed by atoms with Crippen molar-refractivity contribution in [3.05, 3.63) is 48.5 Å². The fraction of sp³-hybridized carbons (Fsp3) is 0.263. The molecule has 0 saturated carbocycles. The molecule has 0 saturated heterocycles. The standard InChI is InChI=1S/C19H22N2O2S2/c1-4-17(18(24)20-13-5-9-15(22-2)10-6-13)19(25)21-14-7-11-16(23-3)12-8-14/h5-12,17H,4H2,1-3H3,(H,20,24)(H,21,25). The fourth-order valence-corrected chi connectivity index (χ4v) is 3.18. The molecule has 0 radical (unpaired) electrons. The highest BCUT2D eigenvalue weighted by Crippen LogP contribution is 2.20. The Morgan fingerprint density at radius 3 is 1.44 bits per heavy atom. The summed E-state index contributed by atoms with van der Waals surface area (Å²) in [4.78, 5) is 1.39. The quantitative estimate of drug-likeness (QED) is 0.671. The largest absolute Gasteiger partial charge is 0.497 e. The van der Waals surface area contributed by atoms with Gasteiger partial charge >= 0.3 is 0 Å². The average molecular weight is 375 g/mol. The van der Waals surface area contributed by atoms with Crippen LogP contribution in [0.4, 0.5) is 11.4 Å². The molecular weight excluding hydrogens is 352 g/mol. The molecule has 2 rings (SSSR count). The van der Waals surface area contributed by atoms with E-state index >= 15 is 0 Å². The SMILES string of the molecule is CCC(C(=S)Nc1ccc(OC)cc1)C(=S)Nc1ccc(OC)cc1. The Morgan fingerprint density at radius 2 is 1.16 bits per heavy atom. The molecule has 0 unspecified atom stereocenters. The van der Waals surface area contributed by atoms with Gasteiger partial charge in [0.2, 0.25) is 0 Å². The lowest BCUT2D eigenvalue weighted by Crippen LogP contribution is -2.31. The van der Waals surface area contributed by atoms with Gasteiger partial charge < -0.3 is 20.1 Å². The summed E-state index contributed by atoms with van der Waals surface area (Å²) in [5.74, 6) is 1.56. The normalized spacial score (nSPS) is 10.2. The van der Waals surface area contributed by atoms with E-state index in [1.807, 2.05) is 48.5 Å². The number of anilines is 2. The van der Waals surface area contributed by atoms with Gasteiger partial charge in [0, 0.05) is 11.4 Å². The zero-order valence-corrected chi connectivity index (χ0v) is 16.2. The second-order valence-corrected chi connectivity index (χ2v) is 6.28. The third-order valence-electron chi connectivity index (χ3n) is 3.76. The molecule has 132 valence electrons. The molecule has 2 aromatic rings. The lowest BCUT2D eigenvalue weighted by molar-refractivity contribution is 0.415. The summed E-state index contributed by atoms with van der Waals surface area (Å²) in [5, 5.41) is 6.52. The van der Waals surface area contributed by atoms with Gasteiger partial charge in [0.05, 0.1) is 30.1 Å².